The number of benzene rings is 1. The Hall–Kier alpha value is -3.03. The Balaban J connectivity index is 2.53. The van der Waals surface area contributed by atoms with Gasteiger partial charge in [-0.3, -0.25) is 14.6 Å². The van der Waals surface area contributed by atoms with E-state index in [0.29, 0.717) is 11.0 Å². The number of para-hydroxylation sites is 2. The van der Waals surface area contributed by atoms with Crippen molar-refractivity contribution in [2.24, 2.45) is 0 Å². The van der Waals surface area contributed by atoms with E-state index >= 15 is 0 Å². The zero-order valence-electron chi connectivity index (χ0n) is 10.0. The van der Waals surface area contributed by atoms with E-state index in [4.69, 9.17) is 5.11 Å². The van der Waals surface area contributed by atoms with E-state index in [1.54, 1.807) is 24.3 Å². The van der Waals surface area contributed by atoms with Crippen LogP contribution in [0.2, 0.25) is 0 Å². The number of hydrogen-bond donors (Lipinski definition) is 2. The molecule has 1 aromatic rings. The normalized spacial score (nSPS) is 11.0. The summed E-state index contributed by atoms with van der Waals surface area (Å²) in [4.78, 5) is 43.9. The second-order valence-electron chi connectivity index (χ2n) is 4.12. The first-order valence-electron chi connectivity index (χ1n) is 5.67. The van der Waals surface area contributed by atoms with E-state index in [9.17, 15) is 14.4 Å². The Morgan fingerprint density at radius 3 is 2.75 bits per heavy atom. The summed E-state index contributed by atoms with van der Waals surface area (Å²) in [6, 6.07) is 6.73. The SMILES string of the molecule is O=C(O)Cn1c2nc(=O)[nH]c(=O)c-2nc2ccccc21. The van der Waals surface area contributed by atoms with Crippen molar-refractivity contribution in [3.05, 3.63) is 45.1 Å². The van der Waals surface area contributed by atoms with Gasteiger partial charge in [0.05, 0.1) is 11.0 Å². The Morgan fingerprint density at radius 2 is 2.00 bits per heavy atom. The number of nitrogens with zero attached hydrogens (tertiary/aromatic N) is 3. The number of hydrogen-bond acceptors (Lipinski definition) is 5. The maximum absolute atomic E-state index is 11.8. The molecule has 2 aliphatic heterocycles. The average Bonchev–Trinajstić information content (AvgIpc) is 2.39. The van der Waals surface area contributed by atoms with Gasteiger partial charge in [0.1, 0.15) is 6.54 Å². The average molecular weight is 272 g/mol. The van der Waals surface area contributed by atoms with Crippen LogP contribution in [0.25, 0.3) is 22.6 Å². The number of aliphatic carboxylic acids is 1. The maximum atomic E-state index is 11.8. The maximum Gasteiger partial charge on any atom is 0.349 e. The molecule has 0 saturated heterocycles. The molecule has 0 amide bonds. The molecule has 2 heterocycles. The van der Waals surface area contributed by atoms with Crippen molar-refractivity contribution in [3.63, 3.8) is 0 Å². The molecule has 0 fully saturated rings. The number of carbonyl (C=O) groups is 1. The highest BCUT2D eigenvalue weighted by Crippen LogP contribution is 2.19. The van der Waals surface area contributed by atoms with Crippen LogP contribution in [0.1, 0.15) is 0 Å². The molecule has 0 saturated carbocycles. The lowest BCUT2D eigenvalue weighted by molar-refractivity contribution is -0.137. The van der Waals surface area contributed by atoms with Crippen LogP contribution in [-0.2, 0) is 11.3 Å². The minimum atomic E-state index is -1.11. The standard InChI is InChI=1S/C12H8N4O4/c17-8(18)5-16-7-4-2-1-3-6(7)13-9-10(16)14-12(20)15-11(9)19/h1-4H,5H2,(H,17,18)(H,15,19,20). The predicted octanol–water partition coefficient (Wildman–Crippen LogP) is -0.331. The van der Waals surface area contributed by atoms with Crippen molar-refractivity contribution in [1.82, 2.24) is 19.5 Å². The third kappa shape index (κ3) is 1.83. The van der Waals surface area contributed by atoms with Gasteiger partial charge in [-0.25, -0.2) is 9.78 Å². The van der Waals surface area contributed by atoms with E-state index < -0.39 is 23.8 Å². The van der Waals surface area contributed by atoms with Crippen LogP contribution >= 0.6 is 0 Å². The third-order valence-electron chi connectivity index (χ3n) is 2.81. The second kappa shape index (κ2) is 4.26. The highest BCUT2D eigenvalue weighted by molar-refractivity contribution is 5.81. The zero-order chi connectivity index (χ0) is 14.3. The molecule has 1 aromatic carbocycles. The van der Waals surface area contributed by atoms with Crippen LogP contribution < -0.4 is 11.2 Å². The highest BCUT2D eigenvalue weighted by Gasteiger charge is 2.19. The Kier molecular flexibility index (Phi) is 2.56. The number of rotatable bonds is 2. The number of carboxylic acid groups (broad SMARTS) is 1. The van der Waals surface area contributed by atoms with E-state index in [2.05, 4.69) is 9.97 Å². The van der Waals surface area contributed by atoms with E-state index in [0.717, 1.165) is 0 Å². The van der Waals surface area contributed by atoms with Crippen molar-refractivity contribution in [1.29, 1.82) is 0 Å². The summed E-state index contributed by atoms with van der Waals surface area (Å²) in [5.74, 6) is -1.15. The van der Waals surface area contributed by atoms with Gasteiger partial charge < -0.3 is 9.67 Å². The molecule has 0 atom stereocenters. The monoisotopic (exact) mass is 272 g/mol. The molecule has 3 rings (SSSR count). The minimum absolute atomic E-state index is 0.0418. The van der Waals surface area contributed by atoms with Crippen molar-refractivity contribution >= 4 is 17.0 Å². The smallest absolute Gasteiger partial charge is 0.349 e. The first-order chi connectivity index (χ1) is 9.56. The second-order valence-corrected chi connectivity index (χ2v) is 4.12. The van der Waals surface area contributed by atoms with Gasteiger partial charge >= 0.3 is 11.7 Å². The number of aromatic nitrogens is 4. The van der Waals surface area contributed by atoms with Gasteiger partial charge in [-0.15, -0.1) is 0 Å². The van der Waals surface area contributed by atoms with Crippen LogP contribution in [0.4, 0.5) is 0 Å². The molecule has 100 valence electrons. The largest absolute Gasteiger partial charge is 0.480 e. The molecule has 0 unspecified atom stereocenters. The third-order valence-corrected chi connectivity index (χ3v) is 2.81. The first kappa shape index (κ1) is 12.0. The summed E-state index contributed by atoms with van der Waals surface area (Å²) in [6.07, 6.45) is 0. The number of carboxylic acids is 1. The lowest BCUT2D eigenvalue weighted by atomic mass is 10.2. The molecular weight excluding hydrogens is 264 g/mol. The van der Waals surface area contributed by atoms with Crippen molar-refractivity contribution < 1.29 is 9.90 Å². The Bertz CT molecular complexity index is 911. The fourth-order valence-corrected chi connectivity index (χ4v) is 2.04. The molecule has 8 nitrogen and oxygen atoms in total. The van der Waals surface area contributed by atoms with Gasteiger partial charge in [-0.05, 0) is 12.1 Å². The molecule has 20 heavy (non-hydrogen) atoms. The van der Waals surface area contributed by atoms with Crippen molar-refractivity contribution in [2.75, 3.05) is 0 Å². The van der Waals surface area contributed by atoms with Crippen LogP contribution in [-0.4, -0.2) is 30.6 Å². The van der Waals surface area contributed by atoms with Crippen LogP contribution in [0.5, 0.6) is 0 Å². The van der Waals surface area contributed by atoms with Crippen LogP contribution in [0.15, 0.2) is 33.9 Å². The summed E-state index contributed by atoms with van der Waals surface area (Å²) >= 11 is 0. The summed E-state index contributed by atoms with van der Waals surface area (Å²) in [5, 5.41) is 8.99. The summed E-state index contributed by atoms with van der Waals surface area (Å²) in [5.41, 5.74) is -0.653. The van der Waals surface area contributed by atoms with Crippen molar-refractivity contribution in [3.8, 4) is 11.5 Å². The van der Waals surface area contributed by atoms with Gasteiger partial charge in [-0.1, -0.05) is 12.1 Å². The molecule has 0 spiro atoms. The molecule has 0 aliphatic carbocycles. The molecular formula is C12H8N4O4. The molecule has 0 radical (unpaired) electrons. The fourth-order valence-electron chi connectivity index (χ4n) is 2.04. The molecule has 0 bridgehead atoms. The van der Waals surface area contributed by atoms with Gasteiger partial charge in [0.2, 0.25) is 0 Å². The minimum Gasteiger partial charge on any atom is -0.480 e. The van der Waals surface area contributed by atoms with Crippen LogP contribution in [0, 0.1) is 0 Å². The lowest BCUT2D eigenvalue weighted by Gasteiger charge is -2.14. The van der Waals surface area contributed by atoms with Crippen molar-refractivity contribution in [2.45, 2.75) is 6.54 Å². The molecule has 8 heteroatoms. The number of H-pyrrole nitrogens is 1. The fraction of sp³-hybridized carbons (Fsp3) is 0.0833. The number of nitrogens with one attached hydrogen (secondary N) is 1. The number of aromatic amines is 1. The van der Waals surface area contributed by atoms with E-state index in [1.165, 1.54) is 4.57 Å². The quantitative estimate of drug-likeness (QED) is 0.617. The summed E-state index contributed by atoms with van der Waals surface area (Å²) in [6.45, 7) is -0.421. The lowest BCUT2D eigenvalue weighted by Crippen LogP contribution is -2.29. The van der Waals surface area contributed by atoms with Gasteiger partial charge in [-0.2, -0.15) is 4.98 Å². The van der Waals surface area contributed by atoms with Crippen LogP contribution in [0.3, 0.4) is 0 Å². The van der Waals surface area contributed by atoms with E-state index in [-0.39, 0.29) is 11.5 Å². The van der Waals surface area contributed by atoms with Gasteiger partial charge in [0, 0.05) is 0 Å². The summed E-state index contributed by atoms with van der Waals surface area (Å²) < 4.78 is 1.29. The van der Waals surface area contributed by atoms with E-state index in [1.807, 2.05) is 4.98 Å². The summed E-state index contributed by atoms with van der Waals surface area (Å²) in [7, 11) is 0. The first-order valence-corrected chi connectivity index (χ1v) is 5.67. The Labute approximate surface area is 110 Å². The molecule has 2 aliphatic rings. The van der Waals surface area contributed by atoms with Gasteiger partial charge in [0.15, 0.2) is 11.5 Å². The molecule has 2 N–H and O–H groups in total. The Morgan fingerprint density at radius 1 is 1.25 bits per heavy atom. The number of fused-ring (bicyclic) bond motifs is 2. The highest BCUT2D eigenvalue weighted by atomic mass is 16.4. The molecule has 0 aromatic heterocycles. The topological polar surface area (TPSA) is 118 Å². The predicted molar refractivity (Wildman–Crippen MR) is 68.7 cm³/mol. The van der Waals surface area contributed by atoms with Gasteiger partial charge in [0.25, 0.3) is 5.56 Å². The zero-order valence-corrected chi connectivity index (χ0v) is 10.0.